The average molecular weight is 242 g/mol. The quantitative estimate of drug-likeness (QED) is 0.864. The Labute approximate surface area is 105 Å². The zero-order valence-corrected chi connectivity index (χ0v) is 10.1. The summed E-state index contributed by atoms with van der Waals surface area (Å²) in [5.41, 5.74) is 3.52. The van der Waals surface area contributed by atoms with Gasteiger partial charge in [-0.3, -0.25) is 0 Å². The molecule has 0 fully saturated rings. The van der Waals surface area contributed by atoms with Crippen molar-refractivity contribution in [3.63, 3.8) is 0 Å². The minimum absolute atomic E-state index is 0.691. The van der Waals surface area contributed by atoms with Gasteiger partial charge < -0.3 is 15.4 Å². The molecule has 0 saturated carbocycles. The van der Waals surface area contributed by atoms with Crippen LogP contribution in [-0.4, -0.2) is 17.0 Å². The molecule has 3 rings (SSSR count). The first-order valence-electron chi connectivity index (χ1n) is 5.81. The topological polar surface area (TPSA) is 59.1 Å². The van der Waals surface area contributed by atoms with Crippen molar-refractivity contribution in [2.24, 2.45) is 0 Å². The van der Waals surface area contributed by atoms with Crippen LogP contribution in [0.15, 0.2) is 30.6 Å². The van der Waals surface area contributed by atoms with Crippen molar-refractivity contribution in [3.05, 3.63) is 41.7 Å². The predicted octanol–water partition coefficient (Wildman–Crippen LogP) is 2.29. The maximum Gasteiger partial charge on any atom is 0.135 e. The van der Waals surface area contributed by atoms with Gasteiger partial charge in [-0.2, -0.15) is 0 Å². The lowest BCUT2D eigenvalue weighted by molar-refractivity contribution is 0.134. The molecule has 0 radical (unpaired) electrons. The van der Waals surface area contributed by atoms with Crippen LogP contribution in [0.1, 0.15) is 11.1 Å². The fourth-order valence-electron chi connectivity index (χ4n) is 1.96. The summed E-state index contributed by atoms with van der Waals surface area (Å²) >= 11 is 0. The highest BCUT2D eigenvalue weighted by Gasteiger charge is 2.11. The number of ether oxygens (including phenoxy) is 1. The summed E-state index contributed by atoms with van der Waals surface area (Å²) in [4.78, 5) is 8.26. The number of hydrogen-bond donors (Lipinski definition) is 2. The molecule has 0 bridgehead atoms. The zero-order chi connectivity index (χ0) is 12.4. The third-order valence-corrected chi connectivity index (χ3v) is 2.92. The molecule has 0 aliphatic carbocycles. The highest BCUT2D eigenvalue weighted by Crippen LogP contribution is 2.25. The lowest BCUT2D eigenvalue weighted by Gasteiger charge is -2.08. The standard InChI is InChI=1S/C13H14N4O/c1-14-12-5-13(16-8-15-12)17-11-3-2-9-6-18-7-10(9)4-11/h2-5,8H,6-7H2,1H3,(H2,14,15,16,17). The summed E-state index contributed by atoms with van der Waals surface area (Å²) in [6.45, 7) is 1.41. The van der Waals surface area contributed by atoms with E-state index in [-0.39, 0.29) is 0 Å². The highest BCUT2D eigenvalue weighted by molar-refractivity contribution is 5.60. The van der Waals surface area contributed by atoms with E-state index in [0.29, 0.717) is 13.2 Å². The monoisotopic (exact) mass is 242 g/mol. The Kier molecular flexibility index (Phi) is 2.82. The maximum atomic E-state index is 5.39. The first-order valence-corrected chi connectivity index (χ1v) is 5.81. The molecule has 92 valence electrons. The Morgan fingerprint density at radius 1 is 1.06 bits per heavy atom. The van der Waals surface area contributed by atoms with Crippen LogP contribution in [0.2, 0.25) is 0 Å². The normalized spacial score (nSPS) is 13.2. The largest absolute Gasteiger partial charge is 0.373 e. The summed E-state index contributed by atoms with van der Waals surface area (Å²) < 4.78 is 5.39. The summed E-state index contributed by atoms with van der Waals surface area (Å²) in [7, 11) is 1.83. The number of benzene rings is 1. The SMILES string of the molecule is CNc1cc(Nc2ccc3c(c2)COC3)ncn1. The second-order valence-electron chi connectivity index (χ2n) is 4.14. The molecule has 0 unspecified atom stereocenters. The average Bonchev–Trinajstić information content (AvgIpc) is 2.86. The maximum absolute atomic E-state index is 5.39. The summed E-state index contributed by atoms with van der Waals surface area (Å²) in [6.07, 6.45) is 1.53. The van der Waals surface area contributed by atoms with Crippen LogP contribution >= 0.6 is 0 Å². The van der Waals surface area contributed by atoms with Crippen molar-refractivity contribution < 1.29 is 4.74 Å². The number of hydrogen-bond acceptors (Lipinski definition) is 5. The molecular weight excluding hydrogens is 228 g/mol. The molecule has 2 aromatic rings. The van der Waals surface area contributed by atoms with Crippen LogP contribution in [0.4, 0.5) is 17.3 Å². The van der Waals surface area contributed by atoms with Crippen molar-refractivity contribution >= 4 is 17.3 Å². The molecule has 1 aliphatic rings. The van der Waals surface area contributed by atoms with Gasteiger partial charge in [0.05, 0.1) is 13.2 Å². The molecule has 2 N–H and O–H groups in total. The van der Waals surface area contributed by atoms with Gasteiger partial charge in [-0.15, -0.1) is 0 Å². The predicted molar refractivity (Wildman–Crippen MR) is 69.8 cm³/mol. The number of aromatic nitrogens is 2. The van der Waals surface area contributed by atoms with Gasteiger partial charge in [0.15, 0.2) is 0 Å². The van der Waals surface area contributed by atoms with Crippen LogP contribution in [0.5, 0.6) is 0 Å². The molecular formula is C13H14N4O. The first-order chi connectivity index (χ1) is 8.85. The van der Waals surface area contributed by atoms with Gasteiger partial charge >= 0.3 is 0 Å². The molecule has 2 heterocycles. The first kappa shape index (κ1) is 11.0. The number of nitrogens with one attached hydrogen (secondary N) is 2. The summed E-state index contributed by atoms with van der Waals surface area (Å²) in [5.74, 6) is 1.56. The van der Waals surface area contributed by atoms with Crippen molar-refractivity contribution in [2.45, 2.75) is 13.2 Å². The second-order valence-corrected chi connectivity index (χ2v) is 4.14. The fraction of sp³-hybridized carbons (Fsp3) is 0.231. The molecule has 1 aliphatic heterocycles. The Balaban J connectivity index is 1.83. The van der Waals surface area contributed by atoms with E-state index in [1.165, 1.54) is 17.5 Å². The molecule has 1 aromatic heterocycles. The zero-order valence-electron chi connectivity index (χ0n) is 10.1. The second kappa shape index (κ2) is 4.62. The molecule has 0 saturated heterocycles. The lowest BCUT2D eigenvalue weighted by Crippen LogP contribution is -1.98. The molecule has 0 amide bonds. The van der Waals surface area contributed by atoms with Crippen LogP contribution < -0.4 is 10.6 Å². The van der Waals surface area contributed by atoms with E-state index in [2.05, 4.69) is 32.7 Å². The minimum Gasteiger partial charge on any atom is -0.373 e. The third kappa shape index (κ3) is 2.12. The molecule has 1 aromatic carbocycles. The fourth-order valence-corrected chi connectivity index (χ4v) is 1.96. The number of rotatable bonds is 3. The third-order valence-electron chi connectivity index (χ3n) is 2.92. The molecule has 5 nitrogen and oxygen atoms in total. The number of fused-ring (bicyclic) bond motifs is 1. The Hall–Kier alpha value is -2.14. The van der Waals surface area contributed by atoms with Crippen LogP contribution in [0, 0.1) is 0 Å². The lowest BCUT2D eigenvalue weighted by atomic mass is 10.1. The van der Waals surface area contributed by atoms with Gasteiger partial charge in [-0.25, -0.2) is 9.97 Å². The molecule has 0 spiro atoms. The van der Waals surface area contributed by atoms with E-state index in [0.717, 1.165) is 17.3 Å². The number of anilines is 3. The van der Waals surface area contributed by atoms with E-state index in [1.54, 1.807) is 0 Å². The van der Waals surface area contributed by atoms with Crippen LogP contribution in [0.3, 0.4) is 0 Å². The van der Waals surface area contributed by atoms with E-state index >= 15 is 0 Å². The van der Waals surface area contributed by atoms with Gasteiger partial charge in [0, 0.05) is 18.8 Å². The van der Waals surface area contributed by atoms with Crippen LogP contribution in [-0.2, 0) is 18.0 Å². The minimum atomic E-state index is 0.691. The van der Waals surface area contributed by atoms with Gasteiger partial charge in [0.1, 0.15) is 18.0 Å². The molecule has 0 atom stereocenters. The molecule has 18 heavy (non-hydrogen) atoms. The number of nitrogens with zero attached hydrogens (tertiary/aromatic N) is 2. The molecule has 5 heteroatoms. The Bertz CT molecular complexity index is 571. The Morgan fingerprint density at radius 2 is 1.89 bits per heavy atom. The van der Waals surface area contributed by atoms with Gasteiger partial charge in [-0.1, -0.05) is 6.07 Å². The van der Waals surface area contributed by atoms with Gasteiger partial charge in [-0.05, 0) is 23.3 Å². The highest BCUT2D eigenvalue weighted by atomic mass is 16.5. The van der Waals surface area contributed by atoms with Crippen molar-refractivity contribution in [1.29, 1.82) is 0 Å². The van der Waals surface area contributed by atoms with E-state index in [4.69, 9.17) is 4.74 Å². The summed E-state index contributed by atoms with van der Waals surface area (Å²) in [6, 6.07) is 8.09. The van der Waals surface area contributed by atoms with E-state index in [1.807, 2.05) is 19.2 Å². The van der Waals surface area contributed by atoms with E-state index < -0.39 is 0 Å². The van der Waals surface area contributed by atoms with Crippen LogP contribution in [0.25, 0.3) is 0 Å². The van der Waals surface area contributed by atoms with Gasteiger partial charge in [0.25, 0.3) is 0 Å². The summed E-state index contributed by atoms with van der Waals surface area (Å²) in [5, 5.41) is 6.25. The Morgan fingerprint density at radius 3 is 2.78 bits per heavy atom. The van der Waals surface area contributed by atoms with Gasteiger partial charge in [0.2, 0.25) is 0 Å². The smallest absolute Gasteiger partial charge is 0.135 e. The van der Waals surface area contributed by atoms with Crippen molar-refractivity contribution in [2.75, 3.05) is 17.7 Å². The van der Waals surface area contributed by atoms with E-state index in [9.17, 15) is 0 Å². The van der Waals surface area contributed by atoms with Crippen molar-refractivity contribution in [3.8, 4) is 0 Å². The van der Waals surface area contributed by atoms with Crippen molar-refractivity contribution in [1.82, 2.24) is 9.97 Å².